The Hall–Kier alpha value is -1.55. The van der Waals surface area contributed by atoms with Crippen molar-refractivity contribution >= 4 is 11.0 Å². The van der Waals surface area contributed by atoms with Crippen LogP contribution in [0.1, 0.15) is 90.0 Å². The van der Waals surface area contributed by atoms with E-state index in [1.807, 2.05) is 22.8 Å². The Balaban J connectivity index is 1.51. The highest BCUT2D eigenvalue weighted by Crippen LogP contribution is 2.38. The van der Waals surface area contributed by atoms with Gasteiger partial charge in [0.1, 0.15) is 0 Å². The fourth-order valence-corrected chi connectivity index (χ4v) is 5.97. The molecule has 0 unspecified atom stereocenters. The van der Waals surface area contributed by atoms with Gasteiger partial charge in [0.25, 0.3) is 0 Å². The van der Waals surface area contributed by atoms with Gasteiger partial charge in [0.2, 0.25) is 0 Å². The van der Waals surface area contributed by atoms with E-state index >= 15 is 0 Å². The van der Waals surface area contributed by atoms with Crippen LogP contribution in [0.3, 0.4) is 0 Å². The summed E-state index contributed by atoms with van der Waals surface area (Å²) in [5.41, 5.74) is 2.51. The number of imidazole rings is 1. The number of benzene rings is 1. The van der Waals surface area contributed by atoms with Crippen LogP contribution in [-0.4, -0.2) is 33.1 Å². The van der Waals surface area contributed by atoms with Gasteiger partial charge < -0.3 is 4.98 Å². The molecule has 154 valence electrons. The molecule has 1 N–H and O–H groups in total. The monoisotopic (exact) mass is 383 g/mol. The first-order valence-electron chi connectivity index (χ1n) is 11.7. The molecule has 2 aliphatic rings. The van der Waals surface area contributed by atoms with Crippen LogP contribution >= 0.6 is 0 Å². The summed E-state index contributed by atoms with van der Waals surface area (Å²) in [5, 5.41) is 0. The van der Waals surface area contributed by atoms with Gasteiger partial charge in [-0.2, -0.15) is 0 Å². The largest absolute Gasteiger partial charge is 0.326 e. The summed E-state index contributed by atoms with van der Waals surface area (Å²) in [7, 11) is 0. The molecule has 4 rings (SSSR count). The number of nitrogens with zero attached hydrogens (tertiary/aromatic N) is 2. The van der Waals surface area contributed by atoms with E-state index in [-0.39, 0.29) is 5.69 Å². The molecule has 0 amide bonds. The lowest BCUT2D eigenvalue weighted by atomic mass is 9.80. The highest BCUT2D eigenvalue weighted by molar-refractivity contribution is 5.75. The molecule has 1 aliphatic heterocycles. The molecule has 1 aliphatic carbocycles. The minimum absolute atomic E-state index is 0.0605. The molecule has 1 saturated heterocycles. The maximum Gasteiger partial charge on any atom is 0.326 e. The Labute approximate surface area is 169 Å². The first-order valence-corrected chi connectivity index (χ1v) is 11.7. The van der Waals surface area contributed by atoms with E-state index in [1.54, 1.807) is 0 Å². The molecule has 2 heterocycles. The lowest BCUT2D eigenvalue weighted by molar-refractivity contribution is 0.0271. The molecule has 2 aromatic rings. The summed E-state index contributed by atoms with van der Waals surface area (Å²) in [6.07, 6.45) is 16.0. The molecule has 4 heteroatoms. The predicted molar refractivity (Wildman–Crippen MR) is 117 cm³/mol. The lowest BCUT2D eigenvalue weighted by Gasteiger charge is -2.48. The Bertz CT molecular complexity index is 803. The van der Waals surface area contributed by atoms with Crippen LogP contribution in [0.25, 0.3) is 11.0 Å². The van der Waals surface area contributed by atoms with Gasteiger partial charge in [-0.15, -0.1) is 0 Å². The molecule has 1 saturated carbocycles. The molecule has 2 fully saturated rings. The number of hydrogen-bond acceptors (Lipinski definition) is 2. The summed E-state index contributed by atoms with van der Waals surface area (Å²) < 4.78 is 2.03. The van der Waals surface area contributed by atoms with Crippen LogP contribution in [0.5, 0.6) is 0 Å². The van der Waals surface area contributed by atoms with E-state index < -0.39 is 0 Å². The molecule has 0 bridgehead atoms. The number of piperidine rings is 1. The van der Waals surface area contributed by atoms with Gasteiger partial charge in [0, 0.05) is 24.7 Å². The Morgan fingerprint density at radius 1 is 1.00 bits per heavy atom. The van der Waals surface area contributed by atoms with Crippen molar-refractivity contribution in [3.63, 3.8) is 0 Å². The second-order valence-corrected chi connectivity index (χ2v) is 9.13. The Kier molecular flexibility index (Phi) is 6.25. The molecular weight excluding hydrogens is 346 g/mol. The molecule has 1 aromatic heterocycles. The third-order valence-corrected chi connectivity index (χ3v) is 7.37. The first-order chi connectivity index (χ1) is 13.7. The van der Waals surface area contributed by atoms with Gasteiger partial charge >= 0.3 is 5.69 Å². The van der Waals surface area contributed by atoms with Crippen molar-refractivity contribution in [2.75, 3.05) is 13.1 Å². The molecule has 1 aromatic carbocycles. The molecule has 0 atom stereocenters. The zero-order valence-electron chi connectivity index (χ0n) is 17.6. The normalized spacial score (nSPS) is 22.6. The van der Waals surface area contributed by atoms with E-state index in [0.717, 1.165) is 37.0 Å². The second-order valence-electron chi connectivity index (χ2n) is 9.13. The standard InChI is InChI=1S/C24H37N3O/c1-2-15-24(16-9-5-3-4-6-10-17-24)26-18-13-20(14-19-26)27-22-12-8-7-11-21(22)25-23(27)28/h7-8,11-12,20H,2-6,9-10,13-19H2,1H3,(H,25,28). The van der Waals surface area contributed by atoms with Crippen LogP contribution in [0, 0.1) is 0 Å². The van der Waals surface area contributed by atoms with Crippen molar-refractivity contribution in [3.05, 3.63) is 34.7 Å². The van der Waals surface area contributed by atoms with Crippen molar-refractivity contribution in [3.8, 4) is 0 Å². The van der Waals surface area contributed by atoms with Gasteiger partial charge in [0.05, 0.1) is 11.0 Å². The fraction of sp³-hybridized carbons (Fsp3) is 0.708. The predicted octanol–water partition coefficient (Wildman–Crippen LogP) is 5.64. The molecule has 0 radical (unpaired) electrons. The van der Waals surface area contributed by atoms with E-state index in [1.165, 1.54) is 64.2 Å². The third kappa shape index (κ3) is 3.94. The molecule has 4 nitrogen and oxygen atoms in total. The minimum atomic E-state index is 0.0605. The number of aromatic amines is 1. The van der Waals surface area contributed by atoms with Crippen LogP contribution < -0.4 is 5.69 Å². The van der Waals surface area contributed by atoms with Crippen LogP contribution in [0.4, 0.5) is 0 Å². The summed E-state index contributed by atoms with van der Waals surface area (Å²) in [6, 6.07) is 8.45. The number of fused-ring (bicyclic) bond motifs is 1. The van der Waals surface area contributed by atoms with Crippen LogP contribution in [0.15, 0.2) is 29.1 Å². The summed E-state index contributed by atoms with van der Waals surface area (Å²) in [4.78, 5) is 18.5. The average molecular weight is 384 g/mol. The van der Waals surface area contributed by atoms with E-state index in [2.05, 4.69) is 22.9 Å². The highest BCUT2D eigenvalue weighted by atomic mass is 16.1. The second kappa shape index (κ2) is 8.86. The quantitative estimate of drug-likeness (QED) is 0.742. The first kappa shape index (κ1) is 19.8. The number of aromatic nitrogens is 2. The Morgan fingerprint density at radius 2 is 1.64 bits per heavy atom. The van der Waals surface area contributed by atoms with Gasteiger partial charge in [-0.3, -0.25) is 9.47 Å². The average Bonchev–Trinajstić information content (AvgIpc) is 3.10. The molecule has 0 spiro atoms. The van der Waals surface area contributed by atoms with E-state index in [0.29, 0.717) is 11.6 Å². The number of likely N-dealkylation sites (tertiary alicyclic amines) is 1. The van der Waals surface area contributed by atoms with Crippen LogP contribution in [-0.2, 0) is 0 Å². The van der Waals surface area contributed by atoms with Crippen molar-refractivity contribution in [1.29, 1.82) is 0 Å². The topological polar surface area (TPSA) is 41.0 Å². The smallest absolute Gasteiger partial charge is 0.306 e. The van der Waals surface area contributed by atoms with Crippen molar-refractivity contribution in [1.82, 2.24) is 14.5 Å². The summed E-state index contributed by atoms with van der Waals surface area (Å²) in [5.74, 6) is 0. The zero-order valence-corrected chi connectivity index (χ0v) is 17.6. The van der Waals surface area contributed by atoms with Crippen molar-refractivity contribution < 1.29 is 0 Å². The van der Waals surface area contributed by atoms with Gasteiger partial charge in [0.15, 0.2) is 0 Å². The SMILES string of the molecule is CCCC1(N2CCC(n3c(=O)[nH]c4ccccc43)CC2)CCCCCCCC1. The lowest BCUT2D eigenvalue weighted by Crippen LogP contribution is -2.52. The van der Waals surface area contributed by atoms with Gasteiger partial charge in [-0.25, -0.2) is 4.79 Å². The van der Waals surface area contributed by atoms with E-state index in [4.69, 9.17) is 0 Å². The molecular formula is C24H37N3O. The highest BCUT2D eigenvalue weighted by Gasteiger charge is 2.37. The summed E-state index contributed by atoms with van der Waals surface area (Å²) >= 11 is 0. The molecule has 28 heavy (non-hydrogen) atoms. The van der Waals surface area contributed by atoms with Crippen LogP contribution in [0.2, 0.25) is 0 Å². The van der Waals surface area contributed by atoms with E-state index in [9.17, 15) is 4.79 Å². The number of para-hydroxylation sites is 2. The number of rotatable bonds is 4. The fourth-order valence-electron chi connectivity index (χ4n) is 5.97. The third-order valence-electron chi connectivity index (χ3n) is 7.37. The summed E-state index contributed by atoms with van der Waals surface area (Å²) in [6.45, 7) is 4.62. The number of H-pyrrole nitrogens is 1. The van der Waals surface area contributed by atoms with Gasteiger partial charge in [-0.05, 0) is 44.2 Å². The maximum atomic E-state index is 12.6. The van der Waals surface area contributed by atoms with Gasteiger partial charge in [-0.1, -0.05) is 64.0 Å². The Morgan fingerprint density at radius 3 is 2.32 bits per heavy atom. The zero-order chi connectivity index (χ0) is 19.4. The van der Waals surface area contributed by atoms with Crippen molar-refractivity contribution in [2.24, 2.45) is 0 Å². The number of hydrogen-bond donors (Lipinski definition) is 1. The minimum Gasteiger partial charge on any atom is -0.306 e. The maximum absolute atomic E-state index is 12.6. The van der Waals surface area contributed by atoms with Crippen molar-refractivity contribution in [2.45, 2.75) is 95.6 Å². The number of nitrogens with one attached hydrogen (secondary N) is 1.